The molecule has 0 spiro atoms. The lowest BCUT2D eigenvalue weighted by Crippen LogP contribution is -2.54. The lowest BCUT2D eigenvalue weighted by Gasteiger charge is -2.37. The van der Waals surface area contributed by atoms with E-state index in [-0.39, 0.29) is 27.0 Å². The molecule has 5 rings (SSSR count). The number of aromatic nitrogens is 4. The zero-order valence-electron chi connectivity index (χ0n) is 19.3. The third-order valence-corrected chi connectivity index (χ3v) is 8.84. The first kappa shape index (κ1) is 23.5. The highest BCUT2D eigenvalue weighted by Gasteiger charge is 2.41. The van der Waals surface area contributed by atoms with Gasteiger partial charge in [0.15, 0.2) is 10.0 Å². The second kappa shape index (κ2) is 8.18. The summed E-state index contributed by atoms with van der Waals surface area (Å²) in [4.78, 5) is 2.22. The summed E-state index contributed by atoms with van der Waals surface area (Å²) in [5.74, 6) is 0.631. The molecule has 2 N–H and O–H groups in total. The van der Waals surface area contributed by atoms with Crippen molar-refractivity contribution >= 4 is 32.7 Å². The van der Waals surface area contributed by atoms with E-state index in [1.807, 2.05) is 6.92 Å². The molecule has 2 atom stereocenters. The summed E-state index contributed by atoms with van der Waals surface area (Å²) in [7, 11) is -3.82. The van der Waals surface area contributed by atoms with Crippen LogP contribution in [-0.2, 0) is 10.0 Å². The van der Waals surface area contributed by atoms with Gasteiger partial charge in [0.05, 0.1) is 21.7 Å². The maximum Gasteiger partial charge on any atom is 0.291 e. The normalized spacial score (nSPS) is 22.6. The standard InChI is InChI=1S/C21H27F2N7O2S2/c1-11-9-29(10-12(2)24-11)16-8-14(34(31,32)28-21(4)5-6-21)7-15-17(13(3)27-30(15)16)19-25-26-20(33-19)18(22)23/h7-8,11-12,18,24,28H,5-6,9-10H2,1-4H3/t11-,12-/m0/s1. The van der Waals surface area contributed by atoms with Crippen molar-refractivity contribution in [2.24, 2.45) is 0 Å². The molecule has 9 nitrogen and oxygen atoms in total. The van der Waals surface area contributed by atoms with Gasteiger partial charge in [0.25, 0.3) is 6.43 Å². The second-order valence-electron chi connectivity index (χ2n) is 9.59. The lowest BCUT2D eigenvalue weighted by atomic mass is 10.1. The third kappa shape index (κ3) is 4.30. The first-order chi connectivity index (χ1) is 16.0. The molecule has 0 unspecified atom stereocenters. The van der Waals surface area contributed by atoms with Gasteiger partial charge in [0.1, 0.15) is 5.82 Å². The molecular weight excluding hydrogens is 484 g/mol. The Morgan fingerprint density at radius 1 is 1.21 bits per heavy atom. The molecule has 2 aliphatic rings. The molecular formula is C21H27F2N7O2S2. The van der Waals surface area contributed by atoms with Crippen LogP contribution in [-0.4, -0.2) is 58.9 Å². The van der Waals surface area contributed by atoms with Crippen LogP contribution in [0.3, 0.4) is 0 Å². The minimum absolute atomic E-state index is 0.113. The summed E-state index contributed by atoms with van der Waals surface area (Å²) in [5, 5.41) is 15.6. The number of anilines is 1. The van der Waals surface area contributed by atoms with E-state index >= 15 is 0 Å². The van der Waals surface area contributed by atoms with Crippen molar-refractivity contribution in [1.29, 1.82) is 0 Å². The van der Waals surface area contributed by atoms with Gasteiger partial charge in [-0.15, -0.1) is 10.2 Å². The van der Waals surface area contributed by atoms with E-state index in [1.54, 1.807) is 23.6 Å². The molecule has 184 valence electrons. The minimum atomic E-state index is -3.82. The van der Waals surface area contributed by atoms with Crippen LogP contribution >= 0.6 is 11.3 Å². The van der Waals surface area contributed by atoms with E-state index in [0.29, 0.717) is 35.7 Å². The molecule has 1 saturated heterocycles. The number of piperazine rings is 1. The Morgan fingerprint density at radius 2 is 1.88 bits per heavy atom. The Kier molecular flexibility index (Phi) is 5.66. The van der Waals surface area contributed by atoms with Crippen molar-refractivity contribution in [3.8, 4) is 10.6 Å². The first-order valence-electron chi connectivity index (χ1n) is 11.2. The first-order valence-corrected chi connectivity index (χ1v) is 13.5. The lowest BCUT2D eigenvalue weighted by molar-refractivity contribution is 0.150. The maximum absolute atomic E-state index is 13.3. The fourth-order valence-electron chi connectivity index (χ4n) is 4.47. The van der Waals surface area contributed by atoms with E-state index in [4.69, 9.17) is 0 Å². The van der Waals surface area contributed by atoms with Crippen molar-refractivity contribution in [2.75, 3.05) is 18.0 Å². The van der Waals surface area contributed by atoms with Gasteiger partial charge in [-0.2, -0.15) is 5.10 Å². The summed E-state index contributed by atoms with van der Waals surface area (Å²) < 4.78 is 57.6. The molecule has 1 aliphatic carbocycles. The van der Waals surface area contributed by atoms with E-state index in [9.17, 15) is 17.2 Å². The molecule has 1 aliphatic heterocycles. The van der Waals surface area contributed by atoms with Crippen molar-refractivity contribution in [3.05, 3.63) is 22.8 Å². The summed E-state index contributed by atoms with van der Waals surface area (Å²) in [5.41, 5.74) is 1.13. The van der Waals surface area contributed by atoms with E-state index in [2.05, 4.69) is 44.1 Å². The molecule has 13 heteroatoms. The van der Waals surface area contributed by atoms with E-state index < -0.39 is 22.0 Å². The van der Waals surface area contributed by atoms with Crippen LogP contribution in [0.2, 0.25) is 0 Å². The summed E-state index contributed by atoms with van der Waals surface area (Å²) in [6, 6.07) is 3.57. The van der Waals surface area contributed by atoms with Crippen LogP contribution in [0.15, 0.2) is 17.0 Å². The number of alkyl halides is 2. The number of nitrogens with one attached hydrogen (secondary N) is 2. The highest BCUT2D eigenvalue weighted by Crippen LogP contribution is 2.39. The number of hydrogen-bond donors (Lipinski definition) is 2. The third-order valence-electron chi connectivity index (χ3n) is 6.28. The van der Waals surface area contributed by atoms with Crippen molar-refractivity contribution in [2.45, 2.75) is 69.5 Å². The molecule has 0 amide bonds. The molecule has 3 aromatic rings. The van der Waals surface area contributed by atoms with Gasteiger partial charge >= 0.3 is 0 Å². The van der Waals surface area contributed by atoms with Gasteiger partial charge in [-0.1, -0.05) is 11.3 Å². The molecule has 3 aromatic heterocycles. The smallest absolute Gasteiger partial charge is 0.291 e. The predicted octanol–water partition coefficient (Wildman–Crippen LogP) is 3.12. The van der Waals surface area contributed by atoms with Crippen LogP contribution in [0.1, 0.15) is 50.7 Å². The molecule has 0 aromatic carbocycles. The Hall–Kier alpha value is -2.22. The number of rotatable bonds is 6. The number of sulfonamides is 1. The predicted molar refractivity (Wildman–Crippen MR) is 126 cm³/mol. The highest BCUT2D eigenvalue weighted by atomic mass is 32.2. The molecule has 34 heavy (non-hydrogen) atoms. The zero-order chi connectivity index (χ0) is 24.4. The SMILES string of the molecule is Cc1nn2c(N3C[C@H](C)N[C@@H](C)C3)cc(S(=O)(=O)NC3(C)CC3)cc2c1-c1nnc(C(F)F)s1. The van der Waals surface area contributed by atoms with Crippen molar-refractivity contribution in [1.82, 2.24) is 29.9 Å². The fourth-order valence-corrected chi connectivity index (χ4v) is 6.78. The average Bonchev–Trinajstić information content (AvgIpc) is 3.12. The number of fused-ring (bicyclic) bond motifs is 1. The quantitative estimate of drug-likeness (QED) is 0.524. The van der Waals surface area contributed by atoms with Gasteiger partial charge < -0.3 is 10.2 Å². The monoisotopic (exact) mass is 511 g/mol. The summed E-state index contributed by atoms with van der Waals surface area (Å²) in [6.45, 7) is 9.11. The van der Waals surface area contributed by atoms with Crippen molar-refractivity contribution < 1.29 is 17.2 Å². The van der Waals surface area contributed by atoms with Gasteiger partial charge in [0, 0.05) is 36.8 Å². The Bertz CT molecular complexity index is 1340. The van der Waals surface area contributed by atoms with Crippen LogP contribution in [0.5, 0.6) is 0 Å². The van der Waals surface area contributed by atoms with Crippen LogP contribution < -0.4 is 14.9 Å². The van der Waals surface area contributed by atoms with Gasteiger partial charge in [-0.05, 0) is 46.6 Å². The fraction of sp³-hybridized carbons (Fsp3) is 0.571. The molecule has 0 bridgehead atoms. The number of nitrogens with zero attached hydrogens (tertiary/aromatic N) is 5. The van der Waals surface area contributed by atoms with E-state index in [1.165, 1.54) is 0 Å². The largest absolute Gasteiger partial charge is 0.353 e. The molecule has 1 saturated carbocycles. The Labute approximate surface area is 200 Å². The molecule has 2 fully saturated rings. The number of halogens is 2. The average molecular weight is 512 g/mol. The van der Waals surface area contributed by atoms with Crippen LogP contribution in [0, 0.1) is 6.92 Å². The summed E-state index contributed by atoms with van der Waals surface area (Å²) in [6.07, 6.45) is -1.16. The second-order valence-corrected chi connectivity index (χ2v) is 12.3. The maximum atomic E-state index is 13.3. The molecule has 4 heterocycles. The van der Waals surface area contributed by atoms with Gasteiger partial charge in [0.2, 0.25) is 10.0 Å². The van der Waals surface area contributed by atoms with Crippen molar-refractivity contribution in [3.63, 3.8) is 0 Å². The zero-order valence-corrected chi connectivity index (χ0v) is 21.0. The van der Waals surface area contributed by atoms with Crippen LogP contribution in [0.25, 0.3) is 16.1 Å². The Morgan fingerprint density at radius 3 is 2.47 bits per heavy atom. The van der Waals surface area contributed by atoms with E-state index in [0.717, 1.165) is 24.2 Å². The minimum Gasteiger partial charge on any atom is -0.353 e. The molecule has 0 radical (unpaired) electrons. The summed E-state index contributed by atoms with van der Waals surface area (Å²) >= 11 is 0.789. The van der Waals surface area contributed by atoms with Gasteiger partial charge in [-0.25, -0.2) is 26.4 Å². The highest BCUT2D eigenvalue weighted by molar-refractivity contribution is 7.89. The Balaban J connectivity index is 1.71. The topological polar surface area (TPSA) is 105 Å². The number of aryl methyl sites for hydroxylation is 1. The number of pyridine rings is 1. The number of hydrogen-bond acceptors (Lipinski definition) is 8. The van der Waals surface area contributed by atoms with Gasteiger partial charge in [-0.3, -0.25) is 0 Å². The van der Waals surface area contributed by atoms with Crippen LogP contribution in [0.4, 0.5) is 14.6 Å².